The molecule has 1 atom stereocenters. The van der Waals surface area contributed by atoms with Crippen LogP contribution >= 0.6 is 11.8 Å². The molecule has 4 heteroatoms. The number of carbonyl (C=O) groups excluding carboxylic acids is 1. The Kier molecular flexibility index (Phi) is 3.97. The lowest BCUT2D eigenvalue weighted by Crippen LogP contribution is -2.15. The van der Waals surface area contributed by atoms with Gasteiger partial charge < -0.3 is 10.6 Å². The summed E-state index contributed by atoms with van der Waals surface area (Å²) in [5.74, 6) is 3.78. The van der Waals surface area contributed by atoms with E-state index in [1.165, 1.54) is 17.9 Å². The van der Waals surface area contributed by atoms with Crippen molar-refractivity contribution in [3.05, 3.63) is 24.3 Å². The number of hydrogen-bond acceptors (Lipinski definition) is 3. The van der Waals surface area contributed by atoms with Gasteiger partial charge in [-0.25, -0.2) is 0 Å². The monoisotopic (exact) mass is 276 g/mol. The number of amides is 1. The van der Waals surface area contributed by atoms with Gasteiger partial charge >= 0.3 is 0 Å². The average molecular weight is 276 g/mol. The van der Waals surface area contributed by atoms with Gasteiger partial charge in [-0.3, -0.25) is 4.79 Å². The van der Waals surface area contributed by atoms with E-state index in [1.807, 2.05) is 30.0 Å². The molecule has 19 heavy (non-hydrogen) atoms. The average Bonchev–Trinajstić information content (AvgIpc) is 3.14. The molecular formula is C15H20N2OS. The van der Waals surface area contributed by atoms with Crippen molar-refractivity contribution in [1.29, 1.82) is 0 Å². The maximum Gasteiger partial charge on any atom is 0.227 e. The molecule has 1 aromatic carbocycles. The summed E-state index contributed by atoms with van der Waals surface area (Å²) in [6, 6.07) is 8.04. The predicted octanol–water partition coefficient (Wildman–Crippen LogP) is 3.20. The zero-order valence-electron chi connectivity index (χ0n) is 11.0. The maximum atomic E-state index is 11.7. The summed E-state index contributed by atoms with van der Waals surface area (Å²) in [4.78, 5) is 11.7. The maximum absolute atomic E-state index is 11.7. The van der Waals surface area contributed by atoms with E-state index in [1.54, 1.807) is 0 Å². The minimum atomic E-state index is 0.171. The second-order valence-corrected chi connectivity index (χ2v) is 6.60. The molecule has 0 spiro atoms. The van der Waals surface area contributed by atoms with Crippen molar-refractivity contribution in [2.75, 3.05) is 28.7 Å². The van der Waals surface area contributed by atoms with Gasteiger partial charge in [0.05, 0.1) is 0 Å². The first-order valence-electron chi connectivity index (χ1n) is 7.04. The molecule has 1 saturated carbocycles. The van der Waals surface area contributed by atoms with Gasteiger partial charge in [0.1, 0.15) is 0 Å². The van der Waals surface area contributed by atoms with E-state index in [0.29, 0.717) is 0 Å². The molecule has 1 aliphatic heterocycles. The van der Waals surface area contributed by atoms with Gasteiger partial charge in [0.15, 0.2) is 0 Å². The lowest BCUT2D eigenvalue weighted by molar-refractivity contribution is -0.117. The minimum absolute atomic E-state index is 0.171. The van der Waals surface area contributed by atoms with E-state index < -0.39 is 0 Å². The molecule has 2 aliphatic rings. The Morgan fingerprint density at radius 1 is 1.26 bits per heavy atom. The van der Waals surface area contributed by atoms with E-state index in [2.05, 4.69) is 16.7 Å². The summed E-state index contributed by atoms with van der Waals surface area (Å²) in [6.45, 7) is 1.03. The second-order valence-electron chi connectivity index (χ2n) is 5.45. The Morgan fingerprint density at radius 3 is 2.84 bits per heavy atom. The molecule has 2 N–H and O–H groups in total. The molecule has 0 bridgehead atoms. The highest BCUT2D eigenvalue weighted by atomic mass is 32.2. The second kappa shape index (κ2) is 5.87. The number of rotatable bonds is 5. The molecule has 0 aromatic heterocycles. The third-order valence-corrected chi connectivity index (χ3v) is 4.93. The third-order valence-electron chi connectivity index (χ3n) is 3.70. The van der Waals surface area contributed by atoms with E-state index in [0.717, 1.165) is 36.7 Å². The van der Waals surface area contributed by atoms with Crippen LogP contribution in [-0.4, -0.2) is 24.0 Å². The summed E-state index contributed by atoms with van der Waals surface area (Å²) < 4.78 is 0. The molecule has 0 radical (unpaired) electrons. The molecule has 1 heterocycles. The van der Waals surface area contributed by atoms with Gasteiger partial charge in [-0.15, -0.1) is 0 Å². The summed E-state index contributed by atoms with van der Waals surface area (Å²) in [5.41, 5.74) is 2.01. The number of anilines is 2. The zero-order valence-corrected chi connectivity index (χ0v) is 11.8. The SMILES string of the molecule is O=C(Nc1cccc(NCC2CCSC2)c1)C1CC1. The molecule has 3 nitrogen and oxygen atoms in total. The molecule has 102 valence electrons. The van der Waals surface area contributed by atoms with Crippen LogP contribution in [0.5, 0.6) is 0 Å². The fourth-order valence-electron chi connectivity index (χ4n) is 2.30. The fraction of sp³-hybridized carbons (Fsp3) is 0.533. The van der Waals surface area contributed by atoms with Gasteiger partial charge in [0, 0.05) is 23.8 Å². The Bertz CT molecular complexity index is 453. The highest BCUT2D eigenvalue weighted by Crippen LogP contribution is 2.30. The van der Waals surface area contributed by atoms with Crippen LogP contribution in [-0.2, 0) is 4.79 Å². The molecule has 3 rings (SSSR count). The standard InChI is InChI=1S/C15H20N2OS/c18-15(12-4-5-12)17-14-3-1-2-13(8-14)16-9-11-6-7-19-10-11/h1-3,8,11-12,16H,4-7,9-10H2,(H,17,18). The van der Waals surface area contributed by atoms with Crippen LogP contribution < -0.4 is 10.6 Å². The summed E-state index contributed by atoms with van der Waals surface area (Å²) in [7, 11) is 0. The van der Waals surface area contributed by atoms with Crippen LogP contribution in [0.3, 0.4) is 0 Å². The van der Waals surface area contributed by atoms with Crippen molar-refractivity contribution in [3.63, 3.8) is 0 Å². The van der Waals surface area contributed by atoms with E-state index in [-0.39, 0.29) is 11.8 Å². The first kappa shape index (κ1) is 12.9. The van der Waals surface area contributed by atoms with Crippen LogP contribution in [0.2, 0.25) is 0 Å². The van der Waals surface area contributed by atoms with Crippen LogP contribution in [0.25, 0.3) is 0 Å². The van der Waals surface area contributed by atoms with Gasteiger partial charge in [0.2, 0.25) is 5.91 Å². The van der Waals surface area contributed by atoms with Gasteiger partial charge in [-0.1, -0.05) is 6.07 Å². The number of hydrogen-bond donors (Lipinski definition) is 2. The van der Waals surface area contributed by atoms with Crippen molar-refractivity contribution in [1.82, 2.24) is 0 Å². The number of benzene rings is 1. The van der Waals surface area contributed by atoms with Gasteiger partial charge in [-0.05, 0) is 54.9 Å². The molecule has 1 saturated heterocycles. The van der Waals surface area contributed by atoms with Gasteiger partial charge in [0.25, 0.3) is 0 Å². The normalized spacial score (nSPS) is 22.2. The lowest BCUT2D eigenvalue weighted by atomic mass is 10.1. The number of thioether (sulfide) groups is 1. The first-order chi connectivity index (χ1) is 9.31. The summed E-state index contributed by atoms with van der Waals surface area (Å²) >= 11 is 2.04. The van der Waals surface area contributed by atoms with Crippen LogP contribution in [0.4, 0.5) is 11.4 Å². The van der Waals surface area contributed by atoms with Crippen LogP contribution in [0, 0.1) is 11.8 Å². The highest BCUT2D eigenvalue weighted by molar-refractivity contribution is 7.99. The van der Waals surface area contributed by atoms with Crippen molar-refractivity contribution in [2.45, 2.75) is 19.3 Å². The minimum Gasteiger partial charge on any atom is -0.385 e. The largest absolute Gasteiger partial charge is 0.385 e. The number of carbonyl (C=O) groups is 1. The molecular weight excluding hydrogens is 256 g/mol. The van der Waals surface area contributed by atoms with Crippen LogP contribution in [0.15, 0.2) is 24.3 Å². The smallest absolute Gasteiger partial charge is 0.227 e. The molecule has 1 aliphatic carbocycles. The quantitative estimate of drug-likeness (QED) is 0.867. The van der Waals surface area contributed by atoms with E-state index >= 15 is 0 Å². The predicted molar refractivity (Wildman–Crippen MR) is 81.7 cm³/mol. The van der Waals surface area contributed by atoms with E-state index in [9.17, 15) is 4.79 Å². The summed E-state index contributed by atoms with van der Waals surface area (Å²) in [5, 5.41) is 6.47. The van der Waals surface area contributed by atoms with Crippen molar-refractivity contribution in [2.24, 2.45) is 11.8 Å². The molecule has 2 fully saturated rings. The van der Waals surface area contributed by atoms with Gasteiger partial charge in [-0.2, -0.15) is 11.8 Å². The fourth-order valence-corrected chi connectivity index (χ4v) is 3.59. The topological polar surface area (TPSA) is 41.1 Å². The highest BCUT2D eigenvalue weighted by Gasteiger charge is 2.29. The first-order valence-corrected chi connectivity index (χ1v) is 8.19. The molecule has 1 amide bonds. The molecule has 1 unspecified atom stereocenters. The number of nitrogens with one attached hydrogen (secondary N) is 2. The van der Waals surface area contributed by atoms with Crippen molar-refractivity contribution >= 4 is 29.0 Å². The Balaban J connectivity index is 1.54. The van der Waals surface area contributed by atoms with E-state index in [4.69, 9.17) is 0 Å². The zero-order chi connectivity index (χ0) is 13.1. The lowest BCUT2D eigenvalue weighted by Gasteiger charge is -2.12. The Hall–Kier alpha value is -1.16. The van der Waals surface area contributed by atoms with Crippen molar-refractivity contribution < 1.29 is 4.79 Å². The van der Waals surface area contributed by atoms with Crippen LogP contribution in [0.1, 0.15) is 19.3 Å². The van der Waals surface area contributed by atoms with Crippen molar-refractivity contribution in [3.8, 4) is 0 Å². The Morgan fingerprint density at radius 2 is 2.11 bits per heavy atom. The summed E-state index contributed by atoms with van der Waals surface area (Å²) in [6.07, 6.45) is 3.40. The third kappa shape index (κ3) is 3.66. The molecule has 1 aromatic rings. The Labute approximate surface area is 118 Å².